The number of nitrogens with one attached hydrogen (secondary N) is 1. The molecule has 96 valence electrons. The molecule has 0 aliphatic carbocycles. The third kappa shape index (κ3) is 3.85. The van der Waals surface area contributed by atoms with E-state index in [9.17, 15) is 0 Å². The fourth-order valence-electron chi connectivity index (χ4n) is 1.73. The molecular formula is C12H22N4O. The standard InChI is InChI=1S/C12H22N4O/c1-5-6-10(7-17-4)16-12-8(2)11(13)14-9(3)15-12/h10H,5-7H2,1-4H3,(H3,13,14,15,16). The van der Waals surface area contributed by atoms with Crippen LogP contribution in [0.1, 0.15) is 31.2 Å². The highest BCUT2D eigenvalue weighted by Gasteiger charge is 2.12. The molecule has 1 rings (SSSR count). The SMILES string of the molecule is CCCC(COC)Nc1nc(C)nc(N)c1C. The molecule has 0 saturated carbocycles. The molecule has 17 heavy (non-hydrogen) atoms. The first kappa shape index (κ1) is 13.7. The minimum absolute atomic E-state index is 0.261. The van der Waals surface area contributed by atoms with Gasteiger partial charge in [0.25, 0.3) is 0 Å². The quantitative estimate of drug-likeness (QED) is 0.792. The van der Waals surface area contributed by atoms with Crippen LogP contribution in [0.15, 0.2) is 0 Å². The first-order valence-electron chi connectivity index (χ1n) is 5.94. The van der Waals surface area contributed by atoms with Crippen LogP contribution in [0.5, 0.6) is 0 Å². The monoisotopic (exact) mass is 238 g/mol. The number of aryl methyl sites for hydroxylation is 1. The van der Waals surface area contributed by atoms with E-state index in [-0.39, 0.29) is 6.04 Å². The van der Waals surface area contributed by atoms with Gasteiger partial charge in [0.05, 0.1) is 12.6 Å². The van der Waals surface area contributed by atoms with Crippen molar-refractivity contribution in [3.63, 3.8) is 0 Å². The molecule has 1 atom stereocenters. The summed E-state index contributed by atoms with van der Waals surface area (Å²) in [5, 5.41) is 3.37. The van der Waals surface area contributed by atoms with Gasteiger partial charge in [-0.3, -0.25) is 0 Å². The van der Waals surface area contributed by atoms with Crippen molar-refractivity contribution >= 4 is 11.6 Å². The lowest BCUT2D eigenvalue weighted by Crippen LogP contribution is -2.26. The lowest BCUT2D eigenvalue weighted by atomic mass is 10.1. The largest absolute Gasteiger partial charge is 0.383 e. The summed E-state index contributed by atoms with van der Waals surface area (Å²) in [5.74, 6) is 2.03. The zero-order chi connectivity index (χ0) is 12.8. The average Bonchev–Trinajstić information content (AvgIpc) is 2.26. The summed E-state index contributed by atoms with van der Waals surface area (Å²) in [5.41, 5.74) is 6.72. The molecule has 3 N–H and O–H groups in total. The number of nitrogen functional groups attached to an aromatic ring is 1. The Bertz CT molecular complexity index is 362. The van der Waals surface area contributed by atoms with Crippen molar-refractivity contribution in [1.82, 2.24) is 9.97 Å². The predicted molar refractivity (Wildman–Crippen MR) is 70.1 cm³/mol. The Labute approximate surface area is 103 Å². The lowest BCUT2D eigenvalue weighted by molar-refractivity contribution is 0.182. The Morgan fingerprint density at radius 3 is 2.65 bits per heavy atom. The fourth-order valence-corrected chi connectivity index (χ4v) is 1.73. The van der Waals surface area contributed by atoms with Crippen LogP contribution in [0, 0.1) is 13.8 Å². The van der Waals surface area contributed by atoms with Crippen molar-refractivity contribution in [2.75, 3.05) is 24.8 Å². The third-order valence-corrected chi connectivity index (χ3v) is 2.64. The number of nitrogens with zero attached hydrogens (tertiary/aromatic N) is 2. The highest BCUT2D eigenvalue weighted by atomic mass is 16.5. The number of ether oxygens (including phenoxy) is 1. The number of methoxy groups -OCH3 is 1. The second-order valence-electron chi connectivity index (χ2n) is 4.21. The molecule has 5 heteroatoms. The Morgan fingerprint density at radius 1 is 1.35 bits per heavy atom. The highest BCUT2D eigenvalue weighted by Crippen LogP contribution is 2.18. The second-order valence-corrected chi connectivity index (χ2v) is 4.21. The minimum atomic E-state index is 0.261. The summed E-state index contributed by atoms with van der Waals surface area (Å²) in [4.78, 5) is 8.51. The number of hydrogen-bond donors (Lipinski definition) is 2. The van der Waals surface area contributed by atoms with E-state index >= 15 is 0 Å². The van der Waals surface area contributed by atoms with Crippen molar-refractivity contribution in [3.8, 4) is 0 Å². The van der Waals surface area contributed by atoms with Crippen LogP contribution < -0.4 is 11.1 Å². The van der Waals surface area contributed by atoms with E-state index in [1.165, 1.54) is 0 Å². The molecule has 0 fully saturated rings. The Kier molecular flexibility index (Phi) is 5.15. The molecule has 1 unspecified atom stereocenters. The topological polar surface area (TPSA) is 73.1 Å². The molecule has 0 aromatic carbocycles. The lowest BCUT2D eigenvalue weighted by Gasteiger charge is -2.19. The van der Waals surface area contributed by atoms with Crippen LogP contribution in [0.4, 0.5) is 11.6 Å². The molecule has 1 aromatic heterocycles. The number of anilines is 2. The number of hydrogen-bond acceptors (Lipinski definition) is 5. The molecule has 0 radical (unpaired) electrons. The van der Waals surface area contributed by atoms with E-state index in [4.69, 9.17) is 10.5 Å². The number of aromatic nitrogens is 2. The van der Waals surface area contributed by atoms with Crippen LogP contribution in [-0.2, 0) is 4.74 Å². The molecule has 0 amide bonds. The summed E-state index contributed by atoms with van der Waals surface area (Å²) in [7, 11) is 1.71. The maximum atomic E-state index is 5.82. The molecule has 0 spiro atoms. The zero-order valence-electron chi connectivity index (χ0n) is 11.1. The van der Waals surface area contributed by atoms with Gasteiger partial charge >= 0.3 is 0 Å². The normalized spacial score (nSPS) is 12.5. The second kappa shape index (κ2) is 6.39. The zero-order valence-corrected chi connectivity index (χ0v) is 11.1. The highest BCUT2D eigenvalue weighted by molar-refractivity contribution is 5.55. The van der Waals surface area contributed by atoms with Gasteiger partial charge < -0.3 is 15.8 Å². The van der Waals surface area contributed by atoms with Gasteiger partial charge in [-0.15, -0.1) is 0 Å². The summed E-state index contributed by atoms with van der Waals surface area (Å²) in [6.07, 6.45) is 2.13. The van der Waals surface area contributed by atoms with Crippen LogP contribution in [0.3, 0.4) is 0 Å². The maximum absolute atomic E-state index is 5.82. The molecule has 0 saturated heterocycles. The number of rotatable bonds is 6. The molecule has 0 bridgehead atoms. The summed E-state index contributed by atoms with van der Waals surface area (Å²) < 4.78 is 5.19. The van der Waals surface area contributed by atoms with Gasteiger partial charge in [0.2, 0.25) is 0 Å². The third-order valence-electron chi connectivity index (χ3n) is 2.64. The van der Waals surface area contributed by atoms with Crippen LogP contribution >= 0.6 is 0 Å². The molecule has 5 nitrogen and oxygen atoms in total. The molecule has 1 heterocycles. The molecular weight excluding hydrogens is 216 g/mol. The van der Waals surface area contributed by atoms with Gasteiger partial charge in [0.1, 0.15) is 17.5 Å². The minimum Gasteiger partial charge on any atom is -0.383 e. The average molecular weight is 238 g/mol. The smallest absolute Gasteiger partial charge is 0.135 e. The summed E-state index contributed by atoms with van der Waals surface area (Å²) in [6, 6.07) is 0.261. The van der Waals surface area contributed by atoms with E-state index < -0.39 is 0 Å². The Balaban J connectivity index is 2.84. The molecule has 0 aliphatic heterocycles. The van der Waals surface area contributed by atoms with Crippen molar-refractivity contribution in [2.45, 2.75) is 39.7 Å². The van der Waals surface area contributed by atoms with Crippen LogP contribution in [-0.4, -0.2) is 29.7 Å². The first-order chi connectivity index (χ1) is 8.08. The van der Waals surface area contributed by atoms with E-state index in [1.54, 1.807) is 7.11 Å². The Hall–Kier alpha value is -1.36. The molecule has 1 aromatic rings. The predicted octanol–water partition coefficient (Wildman–Crippen LogP) is 1.90. The van der Waals surface area contributed by atoms with Gasteiger partial charge in [-0.25, -0.2) is 9.97 Å². The van der Waals surface area contributed by atoms with Crippen molar-refractivity contribution in [2.24, 2.45) is 0 Å². The summed E-state index contributed by atoms with van der Waals surface area (Å²) >= 11 is 0. The van der Waals surface area contributed by atoms with E-state index in [0.717, 1.165) is 24.2 Å². The van der Waals surface area contributed by atoms with Gasteiger partial charge in [0.15, 0.2) is 0 Å². The number of nitrogens with two attached hydrogens (primary N) is 1. The van der Waals surface area contributed by atoms with E-state index in [2.05, 4.69) is 22.2 Å². The maximum Gasteiger partial charge on any atom is 0.135 e. The van der Waals surface area contributed by atoms with Crippen molar-refractivity contribution in [3.05, 3.63) is 11.4 Å². The summed E-state index contributed by atoms with van der Waals surface area (Å²) in [6.45, 7) is 6.58. The fraction of sp³-hybridized carbons (Fsp3) is 0.667. The van der Waals surface area contributed by atoms with Gasteiger partial charge in [0, 0.05) is 12.7 Å². The first-order valence-corrected chi connectivity index (χ1v) is 5.94. The van der Waals surface area contributed by atoms with Gasteiger partial charge in [-0.2, -0.15) is 0 Å². The van der Waals surface area contributed by atoms with Crippen molar-refractivity contribution < 1.29 is 4.74 Å². The Morgan fingerprint density at radius 2 is 2.06 bits per heavy atom. The van der Waals surface area contributed by atoms with E-state index in [0.29, 0.717) is 18.2 Å². The van der Waals surface area contributed by atoms with Crippen molar-refractivity contribution in [1.29, 1.82) is 0 Å². The van der Waals surface area contributed by atoms with Crippen LogP contribution in [0.25, 0.3) is 0 Å². The molecule has 0 aliphatic rings. The van der Waals surface area contributed by atoms with Gasteiger partial charge in [-0.1, -0.05) is 13.3 Å². The van der Waals surface area contributed by atoms with Crippen LogP contribution in [0.2, 0.25) is 0 Å². The van der Waals surface area contributed by atoms with E-state index in [1.807, 2.05) is 13.8 Å². The van der Waals surface area contributed by atoms with Gasteiger partial charge in [-0.05, 0) is 20.3 Å².